The van der Waals surface area contributed by atoms with Crippen molar-refractivity contribution in [2.24, 2.45) is 0 Å². The molecule has 1 saturated carbocycles. The maximum atomic E-state index is 14.3. The summed E-state index contributed by atoms with van der Waals surface area (Å²) in [5, 5.41) is 0. The lowest BCUT2D eigenvalue weighted by atomic mass is 9.79. The van der Waals surface area contributed by atoms with Gasteiger partial charge in [-0.2, -0.15) is 56.7 Å². The van der Waals surface area contributed by atoms with Gasteiger partial charge in [0.25, 0.3) is 10.1 Å². The fourth-order valence-electron chi connectivity index (χ4n) is 2.20. The molecule has 2 rings (SSSR count). The van der Waals surface area contributed by atoms with Crippen molar-refractivity contribution in [3.8, 4) is 0 Å². The molecule has 1 aromatic carbocycles. The van der Waals surface area contributed by atoms with Gasteiger partial charge in [-0.05, 0) is 19.1 Å². The lowest BCUT2D eigenvalue weighted by Gasteiger charge is -2.51. The summed E-state index contributed by atoms with van der Waals surface area (Å²) in [5.74, 6) is -44.2. The van der Waals surface area contributed by atoms with Crippen LogP contribution < -0.4 is 0 Å². The highest BCUT2D eigenvalue weighted by atomic mass is 32.2. The Morgan fingerprint density at radius 2 is 0.964 bits per heavy atom. The SMILES string of the molecule is Cc1ccc(S(=O)(=O)OC2(F)C(F)(F)C(F)(F)C(F)(F)C(F)(F)C2(F)F)cc1. The zero-order valence-corrected chi connectivity index (χ0v) is 13.9. The average Bonchev–Trinajstić information content (AvgIpc) is 2.52. The van der Waals surface area contributed by atoms with E-state index in [2.05, 4.69) is 4.18 Å². The minimum absolute atomic E-state index is 0.292. The lowest BCUT2D eigenvalue weighted by Crippen LogP contribution is -2.84. The van der Waals surface area contributed by atoms with E-state index in [0.29, 0.717) is 17.7 Å². The van der Waals surface area contributed by atoms with E-state index in [-0.39, 0.29) is 0 Å². The van der Waals surface area contributed by atoms with E-state index in [1.54, 1.807) is 0 Å². The number of alkyl halides is 11. The van der Waals surface area contributed by atoms with Gasteiger partial charge >= 0.3 is 35.5 Å². The molecule has 0 aliphatic heterocycles. The van der Waals surface area contributed by atoms with Crippen LogP contribution in [0, 0.1) is 6.92 Å². The second kappa shape index (κ2) is 5.70. The fourth-order valence-corrected chi connectivity index (χ4v) is 3.28. The van der Waals surface area contributed by atoms with Crippen LogP contribution in [0.2, 0.25) is 0 Å². The zero-order valence-electron chi connectivity index (χ0n) is 13.1. The van der Waals surface area contributed by atoms with E-state index in [1.165, 1.54) is 6.92 Å². The Labute approximate surface area is 149 Å². The summed E-state index contributed by atoms with van der Waals surface area (Å²) in [6, 6.07) is 2.71. The highest BCUT2D eigenvalue weighted by Crippen LogP contribution is 2.69. The Hall–Kier alpha value is -1.64. The monoisotopic (exact) mass is 452 g/mol. The minimum Gasteiger partial charge on any atom is -0.213 e. The third kappa shape index (κ3) is 2.40. The minimum atomic E-state index is -7.46. The van der Waals surface area contributed by atoms with Gasteiger partial charge in [0.2, 0.25) is 0 Å². The van der Waals surface area contributed by atoms with Crippen LogP contribution in [-0.4, -0.2) is 43.9 Å². The molecule has 15 heteroatoms. The van der Waals surface area contributed by atoms with Crippen molar-refractivity contribution in [2.75, 3.05) is 0 Å². The second-order valence-electron chi connectivity index (χ2n) is 5.82. The second-order valence-corrected chi connectivity index (χ2v) is 7.36. The van der Waals surface area contributed by atoms with Crippen LogP contribution in [0.3, 0.4) is 0 Å². The van der Waals surface area contributed by atoms with Crippen LogP contribution in [0.1, 0.15) is 5.56 Å². The summed E-state index contributed by atoms with van der Waals surface area (Å²) >= 11 is 0. The molecule has 0 radical (unpaired) electrons. The standard InChI is InChI=1S/C13H7F11O3S/c1-6-2-4-7(5-3-6)28(25,26)27-13(24)11(20,21)9(16,17)8(14,15)10(18,19)12(13,22)23/h2-5H,1H3. The molecule has 1 aliphatic carbocycles. The third-order valence-corrected chi connectivity index (χ3v) is 5.22. The van der Waals surface area contributed by atoms with Crippen LogP contribution in [-0.2, 0) is 14.3 Å². The molecule has 1 aliphatic rings. The van der Waals surface area contributed by atoms with Gasteiger partial charge in [-0.15, -0.1) is 0 Å². The molecule has 0 spiro atoms. The third-order valence-electron chi connectivity index (χ3n) is 3.92. The van der Waals surface area contributed by atoms with Gasteiger partial charge in [-0.1, -0.05) is 17.7 Å². The van der Waals surface area contributed by atoms with Crippen molar-refractivity contribution in [1.29, 1.82) is 0 Å². The average molecular weight is 452 g/mol. The van der Waals surface area contributed by atoms with Crippen molar-refractivity contribution in [2.45, 2.75) is 47.3 Å². The highest BCUT2D eigenvalue weighted by molar-refractivity contribution is 7.86. The van der Waals surface area contributed by atoms with Gasteiger partial charge in [-0.3, -0.25) is 0 Å². The van der Waals surface area contributed by atoms with Crippen molar-refractivity contribution in [3.05, 3.63) is 29.8 Å². The first-order valence-electron chi connectivity index (χ1n) is 6.81. The van der Waals surface area contributed by atoms with Crippen LogP contribution in [0.4, 0.5) is 48.3 Å². The number of hydrogen-bond donors (Lipinski definition) is 0. The molecule has 0 unspecified atom stereocenters. The van der Waals surface area contributed by atoms with Gasteiger partial charge in [0.1, 0.15) is 0 Å². The maximum absolute atomic E-state index is 14.3. The Balaban J connectivity index is 2.74. The molecule has 1 fully saturated rings. The highest BCUT2D eigenvalue weighted by Gasteiger charge is 3.02. The Morgan fingerprint density at radius 1 is 0.643 bits per heavy atom. The largest absolute Gasteiger partial charge is 0.384 e. The molecule has 0 atom stereocenters. The summed E-state index contributed by atoms with van der Waals surface area (Å²) in [4.78, 5) is -1.37. The van der Waals surface area contributed by atoms with E-state index in [9.17, 15) is 56.7 Å². The number of aryl methyl sites for hydroxylation is 1. The molecule has 0 amide bonds. The first-order chi connectivity index (χ1) is 12.2. The Morgan fingerprint density at radius 3 is 1.32 bits per heavy atom. The number of hydrogen-bond acceptors (Lipinski definition) is 3. The zero-order chi connectivity index (χ0) is 22.2. The molecule has 0 heterocycles. The van der Waals surface area contributed by atoms with E-state index in [0.717, 1.165) is 12.1 Å². The first kappa shape index (κ1) is 22.6. The molecular weight excluding hydrogens is 445 g/mol. The van der Waals surface area contributed by atoms with Gasteiger partial charge in [-0.25, -0.2) is 4.18 Å². The topological polar surface area (TPSA) is 43.4 Å². The molecule has 0 N–H and O–H groups in total. The summed E-state index contributed by atoms with van der Waals surface area (Å²) in [6.07, 6.45) is 0. The molecule has 160 valence electrons. The quantitative estimate of drug-likeness (QED) is 0.499. The maximum Gasteiger partial charge on any atom is 0.384 e. The molecule has 1 aromatic rings. The van der Waals surface area contributed by atoms with Gasteiger partial charge in [0, 0.05) is 0 Å². The van der Waals surface area contributed by atoms with Gasteiger partial charge in [0.05, 0.1) is 4.90 Å². The fraction of sp³-hybridized carbons (Fsp3) is 0.538. The van der Waals surface area contributed by atoms with Gasteiger partial charge < -0.3 is 0 Å². The summed E-state index contributed by atoms with van der Waals surface area (Å²) in [6.45, 7) is 1.35. The molecule has 0 saturated heterocycles. The first-order valence-corrected chi connectivity index (χ1v) is 8.22. The normalized spacial score (nSPS) is 26.6. The molecule has 0 bridgehead atoms. The lowest BCUT2D eigenvalue weighted by molar-refractivity contribution is -0.513. The van der Waals surface area contributed by atoms with E-state index < -0.39 is 50.5 Å². The number of rotatable bonds is 3. The van der Waals surface area contributed by atoms with Crippen LogP contribution in [0.5, 0.6) is 0 Å². The van der Waals surface area contributed by atoms with Crippen LogP contribution in [0.15, 0.2) is 29.2 Å². The van der Waals surface area contributed by atoms with E-state index in [4.69, 9.17) is 0 Å². The van der Waals surface area contributed by atoms with Crippen LogP contribution in [0.25, 0.3) is 0 Å². The smallest absolute Gasteiger partial charge is 0.213 e. The summed E-state index contributed by atoms with van der Waals surface area (Å²) in [7, 11) is -6.16. The van der Waals surface area contributed by atoms with Crippen molar-refractivity contribution < 1.29 is 60.9 Å². The Kier molecular flexibility index (Phi) is 4.61. The molecule has 0 aromatic heterocycles. The number of halogens is 11. The van der Waals surface area contributed by atoms with E-state index >= 15 is 0 Å². The van der Waals surface area contributed by atoms with Gasteiger partial charge in [0.15, 0.2) is 0 Å². The molecule has 28 heavy (non-hydrogen) atoms. The molecular formula is C13H7F11O3S. The van der Waals surface area contributed by atoms with E-state index in [1.807, 2.05) is 0 Å². The molecule has 3 nitrogen and oxygen atoms in total. The van der Waals surface area contributed by atoms with Crippen molar-refractivity contribution >= 4 is 10.1 Å². The van der Waals surface area contributed by atoms with Crippen molar-refractivity contribution in [3.63, 3.8) is 0 Å². The Bertz CT molecular complexity index is 847. The predicted octanol–water partition coefficient (Wildman–Crippen LogP) is 4.56. The summed E-state index contributed by atoms with van der Waals surface area (Å²) < 4.78 is 175. The van der Waals surface area contributed by atoms with Crippen LogP contribution >= 0.6 is 0 Å². The number of benzene rings is 1. The summed E-state index contributed by atoms with van der Waals surface area (Å²) in [5.41, 5.74) is 0.292. The van der Waals surface area contributed by atoms with Crippen molar-refractivity contribution in [1.82, 2.24) is 0 Å². The predicted molar refractivity (Wildman–Crippen MR) is 68.0 cm³/mol.